The third-order valence-corrected chi connectivity index (χ3v) is 3.07. The largest absolute Gasteiger partial charge is 0.302 e. The highest BCUT2D eigenvalue weighted by Gasteiger charge is 1.96. The van der Waals surface area contributed by atoms with Crippen LogP contribution in [0, 0.1) is 0 Å². The summed E-state index contributed by atoms with van der Waals surface area (Å²) in [7, 11) is 0. The van der Waals surface area contributed by atoms with Crippen molar-refractivity contribution in [3.8, 4) is 0 Å². The van der Waals surface area contributed by atoms with Crippen LogP contribution in [0.1, 0.15) is 0 Å². The van der Waals surface area contributed by atoms with Crippen LogP contribution < -0.4 is 0 Å². The quantitative estimate of drug-likeness (QED) is 0.587. The highest BCUT2D eigenvalue weighted by molar-refractivity contribution is 9.10. The molecule has 1 aromatic rings. The standard InChI is InChI=1S/C8H7BrOS/c9-7-3-1-2-4-8(7)11-6-5-10/h1-5H,6H2. The molecule has 0 radical (unpaired) electrons. The lowest BCUT2D eigenvalue weighted by Gasteiger charge is -1.98. The first-order valence-electron chi connectivity index (χ1n) is 3.15. The van der Waals surface area contributed by atoms with Crippen molar-refractivity contribution in [3.63, 3.8) is 0 Å². The third-order valence-electron chi connectivity index (χ3n) is 1.14. The summed E-state index contributed by atoms with van der Waals surface area (Å²) < 4.78 is 1.05. The smallest absolute Gasteiger partial charge is 0.130 e. The molecule has 0 heterocycles. The number of carbonyl (C=O) groups excluding carboxylic acids is 1. The van der Waals surface area contributed by atoms with Gasteiger partial charge in [-0.15, -0.1) is 11.8 Å². The molecule has 0 aromatic heterocycles. The SMILES string of the molecule is O=CCSc1ccccc1Br. The lowest BCUT2D eigenvalue weighted by atomic mass is 10.4. The van der Waals surface area contributed by atoms with Gasteiger partial charge in [-0.05, 0) is 28.1 Å². The molecule has 0 aliphatic carbocycles. The highest BCUT2D eigenvalue weighted by atomic mass is 79.9. The summed E-state index contributed by atoms with van der Waals surface area (Å²) in [5, 5.41) is 0. The van der Waals surface area contributed by atoms with E-state index in [-0.39, 0.29) is 0 Å². The van der Waals surface area contributed by atoms with Crippen LogP contribution in [0.3, 0.4) is 0 Å². The minimum absolute atomic E-state index is 0.516. The first-order chi connectivity index (χ1) is 5.34. The fraction of sp³-hybridized carbons (Fsp3) is 0.125. The van der Waals surface area contributed by atoms with Crippen LogP contribution in [0.2, 0.25) is 0 Å². The molecule has 0 saturated carbocycles. The van der Waals surface area contributed by atoms with E-state index in [1.165, 1.54) is 11.8 Å². The number of aldehydes is 1. The molecule has 0 amide bonds. The summed E-state index contributed by atoms with van der Waals surface area (Å²) in [6.45, 7) is 0. The monoisotopic (exact) mass is 230 g/mol. The van der Waals surface area contributed by atoms with E-state index < -0.39 is 0 Å². The van der Waals surface area contributed by atoms with Crippen molar-refractivity contribution in [1.82, 2.24) is 0 Å². The van der Waals surface area contributed by atoms with E-state index >= 15 is 0 Å². The zero-order valence-electron chi connectivity index (χ0n) is 5.79. The van der Waals surface area contributed by atoms with Gasteiger partial charge in [0.2, 0.25) is 0 Å². The second-order valence-electron chi connectivity index (χ2n) is 1.91. The second kappa shape index (κ2) is 4.57. The van der Waals surface area contributed by atoms with Crippen LogP contribution in [-0.4, -0.2) is 12.0 Å². The molecule has 3 heteroatoms. The Hall–Kier alpha value is -0.280. The van der Waals surface area contributed by atoms with Crippen LogP contribution >= 0.6 is 27.7 Å². The van der Waals surface area contributed by atoms with E-state index in [4.69, 9.17) is 0 Å². The van der Waals surface area contributed by atoms with E-state index in [1.807, 2.05) is 24.3 Å². The molecular weight excluding hydrogens is 224 g/mol. The fourth-order valence-electron chi connectivity index (χ4n) is 0.686. The molecule has 0 spiro atoms. The van der Waals surface area contributed by atoms with Gasteiger partial charge in [-0.25, -0.2) is 0 Å². The van der Waals surface area contributed by atoms with Crippen LogP contribution in [0.5, 0.6) is 0 Å². The van der Waals surface area contributed by atoms with E-state index in [0.29, 0.717) is 5.75 Å². The molecule has 11 heavy (non-hydrogen) atoms. The number of halogens is 1. The number of rotatable bonds is 3. The van der Waals surface area contributed by atoms with Gasteiger partial charge in [0, 0.05) is 9.37 Å². The molecule has 0 unspecified atom stereocenters. The van der Waals surface area contributed by atoms with Crippen molar-refractivity contribution in [2.24, 2.45) is 0 Å². The van der Waals surface area contributed by atoms with Crippen LogP contribution in [-0.2, 0) is 4.79 Å². The average Bonchev–Trinajstić information content (AvgIpc) is 2.03. The van der Waals surface area contributed by atoms with Crippen molar-refractivity contribution in [2.45, 2.75) is 4.90 Å². The molecule has 58 valence electrons. The lowest BCUT2D eigenvalue weighted by molar-refractivity contribution is -0.105. The molecule has 0 atom stereocenters. The molecule has 0 bridgehead atoms. The van der Waals surface area contributed by atoms with Crippen molar-refractivity contribution >= 4 is 34.0 Å². The Morgan fingerprint density at radius 1 is 1.45 bits per heavy atom. The van der Waals surface area contributed by atoms with Gasteiger partial charge in [0.05, 0.1) is 5.75 Å². The van der Waals surface area contributed by atoms with Crippen LogP contribution in [0.4, 0.5) is 0 Å². The molecule has 1 rings (SSSR count). The number of hydrogen-bond donors (Lipinski definition) is 0. The van der Waals surface area contributed by atoms with Crippen molar-refractivity contribution in [2.75, 3.05) is 5.75 Å². The Kier molecular flexibility index (Phi) is 3.66. The van der Waals surface area contributed by atoms with E-state index in [0.717, 1.165) is 15.7 Å². The Balaban J connectivity index is 2.69. The van der Waals surface area contributed by atoms with Crippen LogP contribution in [0.15, 0.2) is 33.6 Å². The summed E-state index contributed by atoms with van der Waals surface area (Å²) in [5.74, 6) is 0.516. The highest BCUT2D eigenvalue weighted by Crippen LogP contribution is 2.25. The van der Waals surface area contributed by atoms with Gasteiger partial charge in [0.1, 0.15) is 6.29 Å². The summed E-state index contributed by atoms with van der Waals surface area (Å²) in [5.41, 5.74) is 0. The first kappa shape index (κ1) is 8.81. The summed E-state index contributed by atoms with van der Waals surface area (Å²) in [6.07, 6.45) is 0.907. The second-order valence-corrected chi connectivity index (χ2v) is 3.82. The van der Waals surface area contributed by atoms with Gasteiger partial charge in [-0.1, -0.05) is 12.1 Å². The van der Waals surface area contributed by atoms with E-state index in [2.05, 4.69) is 15.9 Å². The van der Waals surface area contributed by atoms with Gasteiger partial charge in [-0.2, -0.15) is 0 Å². The molecule has 0 saturated heterocycles. The number of hydrogen-bond acceptors (Lipinski definition) is 2. The third kappa shape index (κ3) is 2.67. The zero-order chi connectivity index (χ0) is 8.10. The summed E-state index contributed by atoms with van der Waals surface area (Å²) in [4.78, 5) is 11.2. The molecule has 0 aliphatic rings. The molecule has 0 aliphatic heterocycles. The van der Waals surface area contributed by atoms with Gasteiger partial charge >= 0.3 is 0 Å². The molecular formula is C8H7BrOS. The van der Waals surface area contributed by atoms with E-state index in [9.17, 15) is 4.79 Å². The van der Waals surface area contributed by atoms with Crippen molar-refractivity contribution in [3.05, 3.63) is 28.7 Å². The topological polar surface area (TPSA) is 17.1 Å². The minimum Gasteiger partial charge on any atom is -0.302 e. The minimum atomic E-state index is 0.516. The molecule has 0 fully saturated rings. The Bertz CT molecular complexity index is 250. The predicted octanol–water partition coefficient (Wildman–Crippen LogP) is 2.74. The Morgan fingerprint density at radius 2 is 2.18 bits per heavy atom. The van der Waals surface area contributed by atoms with Crippen molar-refractivity contribution in [1.29, 1.82) is 0 Å². The van der Waals surface area contributed by atoms with Gasteiger partial charge in [-0.3, -0.25) is 0 Å². The Morgan fingerprint density at radius 3 is 2.82 bits per heavy atom. The molecule has 1 nitrogen and oxygen atoms in total. The maximum absolute atomic E-state index is 10.1. The molecule has 0 N–H and O–H groups in total. The summed E-state index contributed by atoms with van der Waals surface area (Å²) in [6, 6.07) is 7.86. The number of benzene rings is 1. The predicted molar refractivity (Wildman–Crippen MR) is 50.9 cm³/mol. The van der Waals surface area contributed by atoms with Gasteiger partial charge < -0.3 is 4.79 Å². The molecule has 1 aromatic carbocycles. The maximum atomic E-state index is 10.1. The number of carbonyl (C=O) groups is 1. The summed E-state index contributed by atoms with van der Waals surface area (Å²) >= 11 is 4.92. The van der Waals surface area contributed by atoms with E-state index in [1.54, 1.807) is 0 Å². The van der Waals surface area contributed by atoms with Gasteiger partial charge in [0.15, 0.2) is 0 Å². The maximum Gasteiger partial charge on any atom is 0.130 e. The Labute approximate surface area is 78.3 Å². The first-order valence-corrected chi connectivity index (χ1v) is 4.93. The van der Waals surface area contributed by atoms with Crippen LogP contribution in [0.25, 0.3) is 0 Å². The number of thioether (sulfide) groups is 1. The van der Waals surface area contributed by atoms with Gasteiger partial charge in [0.25, 0.3) is 0 Å². The average molecular weight is 231 g/mol. The fourth-order valence-corrected chi connectivity index (χ4v) is 1.94. The lowest BCUT2D eigenvalue weighted by Crippen LogP contribution is -1.79. The van der Waals surface area contributed by atoms with Crippen molar-refractivity contribution < 1.29 is 4.79 Å². The zero-order valence-corrected chi connectivity index (χ0v) is 8.19. The normalized spacial score (nSPS) is 9.55.